The maximum absolute atomic E-state index is 13.4. The molecule has 0 amide bonds. The van der Waals surface area contributed by atoms with Crippen molar-refractivity contribution in [1.82, 2.24) is 0 Å². The maximum Gasteiger partial charge on any atom is 0.337 e. The monoisotopic (exact) mass is 967 g/mol. The van der Waals surface area contributed by atoms with E-state index in [0.29, 0.717) is 12.8 Å². The number of unbranched alkanes of at least 4 members (excludes halogenated alkanes) is 34. The summed E-state index contributed by atoms with van der Waals surface area (Å²) in [6.07, 6.45) is 42.5. The Hall–Kier alpha value is -5.32. The Morgan fingerprint density at radius 3 is 0.657 bits per heavy atom. The summed E-state index contributed by atoms with van der Waals surface area (Å²) in [5.41, 5.74) is -7.65. The van der Waals surface area contributed by atoms with Gasteiger partial charge in [0.05, 0.1) is 35.1 Å². The molecule has 0 unspecified atom stereocenters. The quantitative estimate of drug-likeness (QED) is 0.0279. The molecule has 10 nitrogen and oxygen atoms in total. The molecule has 0 aromatic heterocycles. The van der Waals surface area contributed by atoms with E-state index in [1.807, 2.05) is 0 Å². The lowest BCUT2D eigenvalue weighted by atomic mass is 9.82. The number of carboxylic acid groups (broad SMARTS) is 4. The average Bonchev–Trinajstić information content (AvgIpc) is 3.33. The van der Waals surface area contributed by atoms with Crippen molar-refractivity contribution in [3.05, 3.63) is 33.4 Å². The molecule has 0 heterocycles. The number of Topliss-reactive ketones (excluding diaryl/α,β-unsaturated/α-hetero) is 2. The second-order valence-corrected chi connectivity index (χ2v) is 18.7. The molecular formula is C60H86O10. The molecule has 0 radical (unpaired) electrons. The lowest BCUT2D eigenvalue weighted by Crippen LogP contribution is -2.28. The Morgan fingerprint density at radius 1 is 0.271 bits per heavy atom. The summed E-state index contributed by atoms with van der Waals surface area (Å²) < 4.78 is 0. The van der Waals surface area contributed by atoms with Crippen LogP contribution in [0, 0.1) is 47.4 Å². The third-order valence-electron chi connectivity index (χ3n) is 12.7. The number of ketones is 2. The fourth-order valence-corrected chi connectivity index (χ4v) is 8.77. The summed E-state index contributed by atoms with van der Waals surface area (Å²) in [4.78, 5) is 77.0. The first-order valence-electron chi connectivity index (χ1n) is 27.2. The van der Waals surface area contributed by atoms with Gasteiger partial charge < -0.3 is 20.4 Å². The van der Waals surface area contributed by atoms with E-state index in [1.54, 1.807) is 0 Å². The molecule has 10 heteroatoms. The van der Waals surface area contributed by atoms with Crippen molar-refractivity contribution in [3.63, 3.8) is 0 Å². The summed E-state index contributed by atoms with van der Waals surface area (Å²) in [5.74, 6) is 10.2. The smallest absolute Gasteiger partial charge is 0.337 e. The van der Waals surface area contributed by atoms with E-state index in [-0.39, 0.29) is 0 Å². The maximum atomic E-state index is 13.4. The van der Waals surface area contributed by atoms with Crippen LogP contribution < -0.4 is 0 Å². The van der Waals surface area contributed by atoms with Crippen molar-refractivity contribution in [2.24, 2.45) is 0 Å². The van der Waals surface area contributed by atoms with Crippen LogP contribution in [0.25, 0.3) is 0 Å². The van der Waals surface area contributed by atoms with Crippen LogP contribution in [0.1, 0.15) is 320 Å². The molecule has 0 saturated heterocycles. The topological polar surface area (TPSA) is 183 Å². The van der Waals surface area contributed by atoms with Gasteiger partial charge in [-0.05, 0) is 36.5 Å². The zero-order chi connectivity index (χ0) is 51.5. The zero-order valence-electron chi connectivity index (χ0n) is 43.1. The van der Waals surface area contributed by atoms with Crippen molar-refractivity contribution >= 4 is 35.4 Å². The minimum absolute atomic E-state index is 0.573. The molecule has 0 aliphatic heterocycles. The SMILES string of the molecule is CCCCCCCCCCCCCCCCCCCC#CC#CCC(=O)c1c(C(=O)O)c(C(=O)O)c(C(=O)CC#CC#CCCCCCCCCCCCCCCCCCCC)c(C(=O)O)c1C(=O)O. The van der Waals surface area contributed by atoms with Gasteiger partial charge in [0, 0.05) is 24.0 Å². The average molecular weight is 967 g/mol. The largest absolute Gasteiger partial charge is 0.478 e. The molecule has 0 atom stereocenters. The fourth-order valence-electron chi connectivity index (χ4n) is 8.77. The Labute approximate surface area is 421 Å². The van der Waals surface area contributed by atoms with E-state index in [1.165, 1.54) is 180 Å². The van der Waals surface area contributed by atoms with Crippen LogP contribution in [0.15, 0.2) is 0 Å². The lowest BCUT2D eigenvalue weighted by Gasteiger charge is -2.18. The van der Waals surface area contributed by atoms with E-state index in [4.69, 9.17) is 0 Å². The highest BCUT2D eigenvalue weighted by Gasteiger charge is 2.39. The first-order chi connectivity index (χ1) is 34.0. The highest BCUT2D eigenvalue weighted by molar-refractivity contribution is 6.25. The molecule has 0 aliphatic rings. The molecule has 0 aliphatic carbocycles. The normalized spacial score (nSPS) is 10.4. The van der Waals surface area contributed by atoms with Gasteiger partial charge in [-0.2, -0.15) is 0 Å². The van der Waals surface area contributed by atoms with E-state index >= 15 is 0 Å². The van der Waals surface area contributed by atoms with Crippen molar-refractivity contribution in [1.29, 1.82) is 0 Å². The molecule has 4 N–H and O–H groups in total. The standard InChI is InChI=1S/C60H86O10/c1-3-5-7-9-11-13-15-17-19-21-23-25-27-29-31-33-35-37-39-41-43-45-47-49(61)51-53(57(63)64)55(59(67)68)52(56(60(69)70)54(51)58(65)66)50(62)48-46-44-42-40-38-36-34-32-30-28-26-24-22-20-18-16-14-12-10-8-6-4-2/h3-38,47-48H2,1-2H3,(H,63,64)(H,65,66)(H,67,68)(H,69,70). The zero-order valence-corrected chi connectivity index (χ0v) is 43.1. The molecule has 70 heavy (non-hydrogen) atoms. The molecule has 0 saturated carbocycles. The molecule has 0 bridgehead atoms. The van der Waals surface area contributed by atoms with Gasteiger partial charge >= 0.3 is 23.9 Å². The third kappa shape index (κ3) is 29.0. The van der Waals surface area contributed by atoms with Gasteiger partial charge in [0.25, 0.3) is 0 Å². The number of carboxylic acids is 4. The van der Waals surface area contributed by atoms with Crippen LogP contribution in [0.4, 0.5) is 0 Å². The Balaban J connectivity index is 2.68. The predicted octanol–water partition coefficient (Wildman–Crippen LogP) is 15.7. The van der Waals surface area contributed by atoms with E-state index in [2.05, 4.69) is 61.2 Å². The second kappa shape index (κ2) is 42.5. The van der Waals surface area contributed by atoms with Gasteiger partial charge in [0.2, 0.25) is 0 Å². The lowest BCUT2D eigenvalue weighted by molar-refractivity contribution is 0.0628. The van der Waals surface area contributed by atoms with Gasteiger partial charge in [-0.1, -0.05) is 243 Å². The van der Waals surface area contributed by atoms with Gasteiger partial charge in [-0.3, -0.25) is 9.59 Å². The highest BCUT2D eigenvalue weighted by Crippen LogP contribution is 2.32. The minimum Gasteiger partial charge on any atom is -0.478 e. The van der Waals surface area contributed by atoms with Crippen LogP contribution in [0.3, 0.4) is 0 Å². The van der Waals surface area contributed by atoms with Gasteiger partial charge in [0.1, 0.15) is 0 Å². The van der Waals surface area contributed by atoms with Gasteiger partial charge in [-0.25, -0.2) is 19.2 Å². The van der Waals surface area contributed by atoms with Crippen LogP contribution in [0.2, 0.25) is 0 Å². The van der Waals surface area contributed by atoms with Gasteiger partial charge in [0.15, 0.2) is 11.6 Å². The highest BCUT2D eigenvalue weighted by atomic mass is 16.4. The number of aromatic carboxylic acids is 4. The fraction of sp³-hybridized carbons (Fsp3) is 0.667. The first-order valence-corrected chi connectivity index (χ1v) is 27.2. The number of carbonyl (C=O) groups is 6. The summed E-state index contributed by atoms with van der Waals surface area (Å²) in [6.45, 7) is 4.50. The summed E-state index contributed by atoms with van der Waals surface area (Å²) in [5, 5.41) is 40.5. The van der Waals surface area contributed by atoms with Gasteiger partial charge in [-0.15, -0.1) is 0 Å². The number of carbonyl (C=O) groups excluding carboxylic acids is 2. The number of rotatable bonds is 42. The molecule has 1 aromatic rings. The van der Waals surface area contributed by atoms with E-state index in [9.17, 15) is 49.2 Å². The number of hydrogen-bond donors (Lipinski definition) is 4. The van der Waals surface area contributed by atoms with E-state index in [0.717, 1.165) is 38.5 Å². The van der Waals surface area contributed by atoms with Crippen molar-refractivity contribution < 1.29 is 49.2 Å². The molecule has 0 spiro atoms. The second-order valence-electron chi connectivity index (χ2n) is 18.7. The molecule has 386 valence electrons. The summed E-state index contributed by atoms with van der Waals surface area (Å²) in [7, 11) is 0. The molecular weight excluding hydrogens is 881 g/mol. The third-order valence-corrected chi connectivity index (χ3v) is 12.7. The Kier molecular flexibility index (Phi) is 38.1. The summed E-state index contributed by atoms with van der Waals surface area (Å²) in [6, 6.07) is 0. The summed E-state index contributed by atoms with van der Waals surface area (Å²) >= 11 is 0. The Morgan fingerprint density at radius 2 is 0.457 bits per heavy atom. The predicted molar refractivity (Wildman–Crippen MR) is 281 cm³/mol. The van der Waals surface area contributed by atoms with Crippen molar-refractivity contribution in [2.45, 2.75) is 258 Å². The van der Waals surface area contributed by atoms with Crippen LogP contribution in [-0.2, 0) is 0 Å². The van der Waals surface area contributed by atoms with Crippen molar-refractivity contribution in [2.75, 3.05) is 0 Å². The van der Waals surface area contributed by atoms with Crippen LogP contribution in [-0.4, -0.2) is 55.9 Å². The van der Waals surface area contributed by atoms with Crippen LogP contribution >= 0.6 is 0 Å². The van der Waals surface area contributed by atoms with Crippen LogP contribution in [0.5, 0.6) is 0 Å². The minimum atomic E-state index is -2.04. The Bertz CT molecular complexity index is 1800. The number of benzene rings is 1. The number of hydrogen-bond acceptors (Lipinski definition) is 6. The molecule has 0 fully saturated rings. The van der Waals surface area contributed by atoms with Crippen molar-refractivity contribution in [3.8, 4) is 47.4 Å². The van der Waals surface area contributed by atoms with E-state index < -0.39 is 81.7 Å². The molecule has 1 aromatic carbocycles. The molecule has 1 rings (SSSR count). The first kappa shape index (κ1) is 62.7.